The fraction of sp³-hybridized carbons (Fsp3) is 0.160. The van der Waals surface area contributed by atoms with Crippen LogP contribution in [-0.4, -0.2) is 15.7 Å². The van der Waals surface area contributed by atoms with E-state index < -0.39 is 18.1 Å². The van der Waals surface area contributed by atoms with Crippen molar-refractivity contribution in [2.45, 2.75) is 19.5 Å². The average molecular weight is 446 g/mol. The molecule has 1 aliphatic rings. The van der Waals surface area contributed by atoms with Gasteiger partial charge in [-0.2, -0.15) is 5.10 Å². The molecule has 0 fully saturated rings. The van der Waals surface area contributed by atoms with Crippen LogP contribution in [0.5, 0.6) is 5.75 Å². The highest BCUT2D eigenvalue weighted by molar-refractivity contribution is 6.02. The standard InChI is InChI=1S/C25H19FN2O5/c1-28-23(29)20-10-6-5-9-19(20)21(27-28)24(30)31-13-16-11-18(26)12-17-14-32-25(33-22(16)17)15-7-3-2-4-8-15/h2-12,25H,13-14H2,1H3/t25-/m0/s1. The number of ether oxygens (including phenoxy) is 3. The summed E-state index contributed by atoms with van der Waals surface area (Å²) < 4.78 is 32.5. The molecular formula is C25H19FN2O5. The second kappa shape index (κ2) is 8.48. The summed E-state index contributed by atoms with van der Waals surface area (Å²) in [7, 11) is 1.46. The van der Waals surface area contributed by atoms with E-state index in [-0.39, 0.29) is 24.5 Å². The number of benzene rings is 3. The van der Waals surface area contributed by atoms with Gasteiger partial charge < -0.3 is 14.2 Å². The lowest BCUT2D eigenvalue weighted by Crippen LogP contribution is -2.24. The Hall–Kier alpha value is -4.04. The number of nitrogens with zero attached hydrogens (tertiary/aromatic N) is 2. The molecule has 8 heteroatoms. The van der Waals surface area contributed by atoms with Gasteiger partial charge in [0.2, 0.25) is 6.29 Å². The summed E-state index contributed by atoms with van der Waals surface area (Å²) in [6.45, 7) is -0.0835. The number of rotatable bonds is 4. The predicted octanol–water partition coefficient (Wildman–Crippen LogP) is 4.04. The predicted molar refractivity (Wildman–Crippen MR) is 117 cm³/mol. The van der Waals surface area contributed by atoms with Crippen LogP contribution in [0.25, 0.3) is 10.8 Å². The molecule has 1 aromatic heterocycles. The van der Waals surface area contributed by atoms with Crippen LogP contribution in [0.2, 0.25) is 0 Å². The van der Waals surface area contributed by atoms with Crippen LogP contribution in [0.4, 0.5) is 4.39 Å². The molecule has 0 bridgehead atoms. The van der Waals surface area contributed by atoms with E-state index in [1.807, 2.05) is 30.3 Å². The van der Waals surface area contributed by atoms with Gasteiger partial charge in [-0.1, -0.05) is 48.5 Å². The molecule has 2 heterocycles. The smallest absolute Gasteiger partial charge is 0.359 e. The summed E-state index contributed by atoms with van der Waals surface area (Å²) in [5, 5.41) is 4.82. The molecule has 0 spiro atoms. The summed E-state index contributed by atoms with van der Waals surface area (Å²) in [6, 6.07) is 18.6. The largest absolute Gasteiger partial charge is 0.460 e. The number of fused-ring (bicyclic) bond motifs is 2. The molecule has 7 nitrogen and oxygen atoms in total. The van der Waals surface area contributed by atoms with Gasteiger partial charge >= 0.3 is 5.97 Å². The van der Waals surface area contributed by atoms with Gasteiger partial charge in [-0.25, -0.2) is 13.9 Å². The third-order valence-electron chi connectivity index (χ3n) is 5.40. The average Bonchev–Trinajstić information content (AvgIpc) is 2.84. The van der Waals surface area contributed by atoms with Crippen molar-refractivity contribution in [3.63, 3.8) is 0 Å². The zero-order valence-electron chi connectivity index (χ0n) is 17.7. The van der Waals surface area contributed by atoms with Crippen molar-refractivity contribution < 1.29 is 23.4 Å². The minimum absolute atomic E-state index is 0.00406. The Labute approximate surface area is 187 Å². The van der Waals surface area contributed by atoms with Crippen LogP contribution in [0, 0.1) is 5.82 Å². The van der Waals surface area contributed by atoms with Crippen molar-refractivity contribution in [1.29, 1.82) is 0 Å². The van der Waals surface area contributed by atoms with E-state index in [1.54, 1.807) is 24.3 Å². The molecule has 0 unspecified atom stereocenters. The Morgan fingerprint density at radius 2 is 1.85 bits per heavy atom. The fourth-order valence-corrected chi connectivity index (χ4v) is 3.82. The van der Waals surface area contributed by atoms with Gasteiger partial charge in [0.1, 0.15) is 18.2 Å². The lowest BCUT2D eigenvalue weighted by Gasteiger charge is -2.28. The highest BCUT2D eigenvalue weighted by atomic mass is 19.1. The maximum Gasteiger partial charge on any atom is 0.359 e. The Morgan fingerprint density at radius 1 is 1.12 bits per heavy atom. The summed E-state index contributed by atoms with van der Waals surface area (Å²) in [4.78, 5) is 25.2. The van der Waals surface area contributed by atoms with Gasteiger partial charge in [0, 0.05) is 29.1 Å². The van der Waals surface area contributed by atoms with E-state index in [0.717, 1.165) is 10.2 Å². The van der Waals surface area contributed by atoms with Gasteiger partial charge in [-0.15, -0.1) is 0 Å². The van der Waals surface area contributed by atoms with Crippen molar-refractivity contribution >= 4 is 16.7 Å². The number of esters is 1. The summed E-state index contributed by atoms with van der Waals surface area (Å²) >= 11 is 0. The van der Waals surface area contributed by atoms with Crippen molar-refractivity contribution in [1.82, 2.24) is 9.78 Å². The Morgan fingerprint density at radius 3 is 2.64 bits per heavy atom. The normalized spacial score (nSPS) is 15.0. The molecule has 4 aromatic rings. The van der Waals surface area contributed by atoms with Crippen LogP contribution in [0.3, 0.4) is 0 Å². The summed E-state index contributed by atoms with van der Waals surface area (Å²) in [5.41, 5.74) is 1.40. The first kappa shape index (κ1) is 20.8. The molecule has 0 N–H and O–H groups in total. The SMILES string of the molecule is Cn1nc(C(=O)OCc2cc(F)cc3c2O[C@@H](c2ccccc2)OC3)c2ccccc2c1=O. The third-order valence-corrected chi connectivity index (χ3v) is 5.40. The molecular weight excluding hydrogens is 427 g/mol. The molecule has 166 valence electrons. The topological polar surface area (TPSA) is 79.7 Å². The van der Waals surface area contributed by atoms with Crippen molar-refractivity contribution in [2.24, 2.45) is 7.05 Å². The van der Waals surface area contributed by atoms with Crippen LogP contribution in [0.1, 0.15) is 33.5 Å². The number of hydrogen-bond donors (Lipinski definition) is 0. The Balaban J connectivity index is 1.43. The van der Waals surface area contributed by atoms with E-state index in [9.17, 15) is 14.0 Å². The van der Waals surface area contributed by atoms with Crippen LogP contribution >= 0.6 is 0 Å². The second-order valence-electron chi connectivity index (χ2n) is 7.62. The van der Waals surface area contributed by atoms with Gasteiger partial charge in [0.05, 0.1) is 12.0 Å². The zero-order chi connectivity index (χ0) is 22.9. The van der Waals surface area contributed by atoms with E-state index >= 15 is 0 Å². The van der Waals surface area contributed by atoms with Crippen molar-refractivity contribution in [3.05, 3.63) is 105 Å². The van der Waals surface area contributed by atoms with Gasteiger partial charge in [-0.3, -0.25) is 4.79 Å². The first-order valence-electron chi connectivity index (χ1n) is 10.3. The number of aromatic nitrogens is 2. The Bertz CT molecular complexity index is 1420. The second-order valence-corrected chi connectivity index (χ2v) is 7.62. The van der Waals surface area contributed by atoms with Crippen molar-refractivity contribution in [2.75, 3.05) is 0 Å². The lowest BCUT2D eigenvalue weighted by molar-refractivity contribution is -0.112. The molecule has 0 aliphatic carbocycles. The highest BCUT2D eigenvalue weighted by Crippen LogP contribution is 2.37. The number of carbonyl (C=O) groups is 1. The number of hydrogen-bond acceptors (Lipinski definition) is 6. The zero-order valence-corrected chi connectivity index (χ0v) is 17.7. The summed E-state index contributed by atoms with van der Waals surface area (Å²) in [6.07, 6.45) is -0.659. The molecule has 0 amide bonds. The van der Waals surface area contributed by atoms with E-state index in [0.29, 0.717) is 27.6 Å². The molecule has 0 radical (unpaired) electrons. The number of carbonyl (C=O) groups excluding carboxylic acids is 1. The minimum Gasteiger partial charge on any atom is -0.460 e. The van der Waals surface area contributed by atoms with E-state index in [2.05, 4.69) is 5.10 Å². The summed E-state index contributed by atoms with van der Waals surface area (Å²) in [5.74, 6) is -0.801. The molecule has 3 aromatic carbocycles. The fourth-order valence-electron chi connectivity index (χ4n) is 3.82. The highest BCUT2D eigenvalue weighted by Gasteiger charge is 2.26. The van der Waals surface area contributed by atoms with Gasteiger partial charge in [0.15, 0.2) is 5.69 Å². The minimum atomic E-state index is -0.730. The first-order chi connectivity index (χ1) is 16.0. The maximum absolute atomic E-state index is 14.2. The third kappa shape index (κ3) is 3.96. The lowest BCUT2D eigenvalue weighted by atomic mass is 10.1. The molecule has 1 atom stereocenters. The van der Waals surface area contributed by atoms with Crippen molar-refractivity contribution in [3.8, 4) is 5.75 Å². The van der Waals surface area contributed by atoms with Crippen LogP contribution in [0.15, 0.2) is 71.5 Å². The molecule has 33 heavy (non-hydrogen) atoms. The number of aryl methyl sites for hydroxylation is 1. The van der Waals surface area contributed by atoms with Gasteiger partial charge in [-0.05, 0) is 18.2 Å². The molecule has 0 saturated carbocycles. The maximum atomic E-state index is 14.2. The number of halogens is 1. The van der Waals surface area contributed by atoms with Crippen LogP contribution < -0.4 is 10.3 Å². The van der Waals surface area contributed by atoms with E-state index in [4.69, 9.17) is 14.2 Å². The molecule has 1 aliphatic heterocycles. The monoisotopic (exact) mass is 446 g/mol. The molecule has 0 saturated heterocycles. The molecule has 5 rings (SSSR count). The van der Waals surface area contributed by atoms with Gasteiger partial charge in [0.25, 0.3) is 5.56 Å². The quantitative estimate of drug-likeness (QED) is 0.441. The first-order valence-corrected chi connectivity index (χ1v) is 10.3. The van der Waals surface area contributed by atoms with E-state index in [1.165, 1.54) is 19.2 Å². The Kier molecular flexibility index (Phi) is 5.35. The van der Waals surface area contributed by atoms with Crippen LogP contribution in [-0.2, 0) is 29.7 Å².